The van der Waals surface area contributed by atoms with E-state index < -0.39 is 5.41 Å². The molecule has 1 aromatic heterocycles. The lowest BCUT2D eigenvalue weighted by molar-refractivity contribution is 0.660. The third-order valence-corrected chi connectivity index (χ3v) is 16.2. The van der Waals surface area contributed by atoms with Crippen molar-refractivity contribution in [2.45, 2.75) is 37.5 Å². The second-order valence-corrected chi connectivity index (χ2v) is 20.3. The van der Waals surface area contributed by atoms with Gasteiger partial charge in [-0.25, -0.2) is 0 Å². The SMILES string of the molecule is CC1(C)c2ccccc2-c2ccc(N(C3=CC=C(c4ccccc4-c4ccccc4)CC3)c3ccc4c(c3)C(c3ccccc3)(c3ccccc3)c3cccc(-n5c6ccccc6c6ccccc65)c3-4)cc21. The van der Waals surface area contributed by atoms with Crippen molar-refractivity contribution in [2.24, 2.45) is 0 Å². The zero-order valence-corrected chi connectivity index (χ0v) is 40.6. The van der Waals surface area contributed by atoms with Gasteiger partial charge in [0.05, 0.1) is 22.1 Å². The van der Waals surface area contributed by atoms with E-state index in [9.17, 15) is 0 Å². The van der Waals surface area contributed by atoms with Gasteiger partial charge in [0.2, 0.25) is 0 Å². The second-order valence-electron chi connectivity index (χ2n) is 20.3. The van der Waals surface area contributed by atoms with Crippen molar-refractivity contribution in [3.8, 4) is 39.1 Å². The molecule has 2 heteroatoms. The fraction of sp³-hybridized carbons (Fsp3) is 0.0857. The molecule has 0 amide bonds. The highest BCUT2D eigenvalue weighted by molar-refractivity contribution is 6.10. The lowest BCUT2D eigenvalue weighted by Crippen LogP contribution is -2.29. The summed E-state index contributed by atoms with van der Waals surface area (Å²) in [5.74, 6) is 0. The number of anilines is 2. The molecule has 2 nitrogen and oxygen atoms in total. The van der Waals surface area contributed by atoms with Crippen LogP contribution in [-0.4, -0.2) is 4.57 Å². The third kappa shape index (κ3) is 6.22. The minimum Gasteiger partial charge on any atom is -0.314 e. The zero-order chi connectivity index (χ0) is 48.0. The van der Waals surface area contributed by atoms with Crippen LogP contribution in [0.5, 0.6) is 0 Å². The van der Waals surface area contributed by atoms with Crippen LogP contribution in [0, 0.1) is 0 Å². The van der Waals surface area contributed by atoms with E-state index in [2.05, 4.69) is 278 Å². The number of hydrogen-bond acceptors (Lipinski definition) is 1. The van der Waals surface area contributed by atoms with E-state index >= 15 is 0 Å². The average molecular weight is 921 g/mol. The number of aromatic nitrogens is 1. The van der Waals surface area contributed by atoms with Gasteiger partial charge in [-0.3, -0.25) is 0 Å². The van der Waals surface area contributed by atoms with Gasteiger partial charge in [0.1, 0.15) is 0 Å². The van der Waals surface area contributed by atoms with Crippen LogP contribution >= 0.6 is 0 Å². The second kappa shape index (κ2) is 16.4. The van der Waals surface area contributed by atoms with Crippen molar-refractivity contribution in [1.82, 2.24) is 4.57 Å². The van der Waals surface area contributed by atoms with Crippen molar-refractivity contribution in [2.75, 3.05) is 4.90 Å². The summed E-state index contributed by atoms with van der Waals surface area (Å²) in [6.45, 7) is 4.78. The predicted molar refractivity (Wildman–Crippen MR) is 301 cm³/mol. The first-order valence-electron chi connectivity index (χ1n) is 25.5. The molecule has 1 heterocycles. The number of allylic oxidation sites excluding steroid dienone is 4. The van der Waals surface area contributed by atoms with Crippen molar-refractivity contribution in [1.29, 1.82) is 0 Å². The lowest BCUT2D eigenvalue weighted by atomic mass is 9.67. The highest BCUT2D eigenvalue weighted by Gasteiger charge is 2.48. The Morgan fingerprint density at radius 2 is 0.917 bits per heavy atom. The topological polar surface area (TPSA) is 8.17 Å². The minimum absolute atomic E-state index is 0.151. The molecule has 0 atom stereocenters. The van der Waals surface area contributed by atoms with Crippen LogP contribution in [0.3, 0.4) is 0 Å². The minimum atomic E-state index is -0.625. The average Bonchev–Trinajstić information content (AvgIpc) is 4.03. The lowest BCUT2D eigenvalue weighted by Gasteiger charge is -2.35. The molecule has 11 aromatic rings. The summed E-state index contributed by atoms with van der Waals surface area (Å²) >= 11 is 0. The number of rotatable bonds is 8. The quantitative estimate of drug-likeness (QED) is 0.147. The maximum Gasteiger partial charge on any atom is 0.0715 e. The first-order valence-corrected chi connectivity index (χ1v) is 25.5. The Morgan fingerprint density at radius 1 is 0.389 bits per heavy atom. The van der Waals surface area contributed by atoms with E-state index in [1.54, 1.807) is 0 Å². The van der Waals surface area contributed by atoms with E-state index in [0.717, 1.165) is 18.5 Å². The van der Waals surface area contributed by atoms with Gasteiger partial charge in [-0.1, -0.05) is 220 Å². The summed E-state index contributed by atoms with van der Waals surface area (Å²) in [5.41, 5.74) is 24.6. The summed E-state index contributed by atoms with van der Waals surface area (Å²) < 4.78 is 2.51. The van der Waals surface area contributed by atoms with Gasteiger partial charge in [-0.15, -0.1) is 0 Å². The summed E-state index contributed by atoms with van der Waals surface area (Å²) in [4.78, 5) is 2.58. The van der Waals surface area contributed by atoms with Gasteiger partial charge in [0, 0.05) is 38.8 Å². The Bertz CT molecular complexity index is 3910. The summed E-state index contributed by atoms with van der Waals surface area (Å²) in [6, 6.07) is 90.6. The normalized spacial score (nSPS) is 14.8. The van der Waals surface area contributed by atoms with Crippen LogP contribution in [0.1, 0.15) is 65.6 Å². The van der Waals surface area contributed by atoms with Gasteiger partial charge in [0.15, 0.2) is 0 Å². The molecule has 3 aliphatic carbocycles. The molecule has 0 saturated heterocycles. The van der Waals surface area contributed by atoms with Crippen LogP contribution in [0.4, 0.5) is 11.4 Å². The Morgan fingerprint density at radius 3 is 1.57 bits per heavy atom. The molecule has 0 radical (unpaired) electrons. The van der Waals surface area contributed by atoms with Gasteiger partial charge in [-0.2, -0.15) is 0 Å². The van der Waals surface area contributed by atoms with Gasteiger partial charge >= 0.3 is 0 Å². The summed E-state index contributed by atoms with van der Waals surface area (Å²) in [5, 5.41) is 2.52. The van der Waals surface area contributed by atoms with E-state index in [1.165, 1.54) is 117 Å². The molecular weight excluding hydrogens is 869 g/mol. The maximum absolute atomic E-state index is 2.58. The van der Waals surface area contributed by atoms with Crippen molar-refractivity contribution >= 4 is 38.8 Å². The van der Waals surface area contributed by atoms with Gasteiger partial charge in [-0.05, 0) is 134 Å². The molecule has 0 unspecified atom stereocenters. The fourth-order valence-corrected chi connectivity index (χ4v) is 13.0. The Hall–Kier alpha value is -8.72. The highest BCUT2D eigenvalue weighted by atomic mass is 15.1. The molecule has 0 bridgehead atoms. The van der Waals surface area contributed by atoms with Gasteiger partial charge in [0.25, 0.3) is 0 Å². The van der Waals surface area contributed by atoms with E-state index in [1.807, 2.05) is 0 Å². The Balaban J connectivity index is 1.02. The monoisotopic (exact) mass is 920 g/mol. The van der Waals surface area contributed by atoms with Crippen molar-refractivity contribution < 1.29 is 0 Å². The van der Waals surface area contributed by atoms with Gasteiger partial charge < -0.3 is 9.47 Å². The smallest absolute Gasteiger partial charge is 0.0715 e. The van der Waals surface area contributed by atoms with E-state index in [4.69, 9.17) is 0 Å². The van der Waals surface area contributed by atoms with Crippen molar-refractivity contribution in [3.63, 3.8) is 0 Å². The number of benzene rings is 10. The molecule has 0 N–H and O–H groups in total. The van der Waals surface area contributed by atoms with Crippen LogP contribution in [0.2, 0.25) is 0 Å². The van der Waals surface area contributed by atoms with Crippen LogP contribution in [0.25, 0.3) is 66.4 Å². The highest BCUT2D eigenvalue weighted by Crippen LogP contribution is 2.59. The molecule has 0 aliphatic heterocycles. The van der Waals surface area contributed by atoms with Crippen LogP contribution in [-0.2, 0) is 10.8 Å². The first-order chi connectivity index (χ1) is 35.5. The maximum atomic E-state index is 2.58. The van der Waals surface area contributed by atoms with E-state index in [0.29, 0.717) is 0 Å². The van der Waals surface area contributed by atoms with Crippen molar-refractivity contribution in [3.05, 3.63) is 299 Å². The Labute approximate surface area is 422 Å². The zero-order valence-electron chi connectivity index (χ0n) is 40.6. The molecule has 14 rings (SSSR count). The molecule has 72 heavy (non-hydrogen) atoms. The van der Waals surface area contributed by atoms with E-state index in [-0.39, 0.29) is 5.41 Å². The molecule has 10 aromatic carbocycles. The van der Waals surface area contributed by atoms with Crippen LogP contribution < -0.4 is 4.90 Å². The molecule has 0 saturated carbocycles. The molecule has 3 aliphatic rings. The third-order valence-electron chi connectivity index (χ3n) is 16.2. The largest absolute Gasteiger partial charge is 0.314 e. The molecular formula is C70H52N2. The Kier molecular flexibility index (Phi) is 9.63. The first kappa shape index (κ1) is 42.2. The molecule has 0 spiro atoms. The van der Waals surface area contributed by atoms with Crippen LogP contribution in [0.15, 0.2) is 261 Å². The number of fused-ring (bicyclic) bond motifs is 9. The summed E-state index contributed by atoms with van der Waals surface area (Å²) in [7, 11) is 0. The molecule has 342 valence electrons. The molecule has 0 fully saturated rings. The fourth-order valence-electron chi connectivity index (χ4n) is 13.0. The standard InChI is InChI=1S/C70H52N2/c1-69(2)61-32-17-14-29-56(61)57-43-41-52(45-63(57)69)71(51-39-37-48(38-40-51)55-28-13-12-27-54(55)47-21-6-3-7-22-47)53-42-44-60-64(46-53)70(49-23-8-4-9-24-49,50-25-10-5-11-26-50)62-33-20-36-67(68(60)62)72-65-34-18-15-30-58(65)59-31-16-19-35-66(59)72/h3-37,39,41-46H,38,40H2,1-2H3. The summed E-state index contributed by atoms with van der Waals surface area (Å²) in [6.07, 6.45) is 6.59. The number of para-hydroxylation sites is 2. The predicted octanol–water partition coefficient (Wildman–Crippen LogP) is 18.0. The number of hydrogen-bond donors (Lipinski definition) is 0. The number of nitrogens with zero attached hydrogens (tertiary/aromatic N) is 2.